The van der Waals surface area contributed by atoms with E-state index in [4.69, 9.17) is 0 Å². The van der Waals surface area contributed by atoms with E-state index in [1.165, 1.54) is 46.9 Å². The molecule has 0 aliphatic heterocycles. The first-order valence-corrected chi connectivity index (χ1v) is 8.82. The first-order valence-electron chi connectivity index (χ1n) is 8.00. The van der Waals surface area contributed by atoms with Crippen LogP contribution in [0.1, 0.15) is 38.5 Å². The summed E-state index contributed by atoms with van der Waals surface area (Å²) in [6, 6.07) is 8.39. The van der Waals surface area contributed by atoms with Crippen LogP contribution in [-0.2, 0) is 12.8 Å². The smallest absolute Gasteiger partial charge is 0.266 e. The Bertz CT molecular complexity index is 832. The molecule has 25 heavy (non-hydrogen) atoms. The molecular formula is C18H17N3O3S. The molecule has 0 unspecified atom stereocenters. The summed E-state index contributed by atoms with van der Waals surface area (Å²) < 4.78 is 0. The van der Waals surface area contributed by atoms with Crippen molar-refractivity contribution in [2.75, 3.05) is 0 Å². The fourth-order valence-electron chi connectivity index (χ4n) is 2.74. The Hall–Kier alpha value is -2.80. The summed E-state index contributed by atoms with van der Waals surface area (Å²) in [6.07, 6.45) is 9.00. The van der Waals surface area contributed by atoms with Crippen LogP contribution >= 0.6 is 11.3 Å². The lowest BCUT2D eigenvalue weighted by atomic mass is 9.99. The Morgan fingerprint density at radius 2 is 2.08 bits per heavy atom. The van der Waals surface area contributed by atoms with Crippen molar-refractivity contribution in [3.63, 3.8) is 0 Å². The molecule has 0 radical (unpaired) electrons. The fraction of sp³-hybridized carbons (Fsp3) is 0.222. The van der Waals surface area contributed by atoms with Gasteiger partial charge in [-0.1, -0.05) is 12.1 Å². The monoisotopic (exact) mass is 355 g/mol. The van der Waals surface area contributed by atoms with Crippen molar-refractivity contribution in [1.82, 2.24) is 5.43 Å². The van der Waals surface area contributed by atoms with Crippen molar-refractivity contribution < 1.29 is 9.72 Å². The molecular weight excluding hydrogens is 338 g/mol. The molecule has 1 N–H and O–H groups in total. The summed E-state index contributed by atoms with van der Waals surface area (Å²) in [5, 5.41) is 14.8. The van der Waals surface area contributed by atoms with Crippen molar-refractivity contribution in [3.8, 4) is 0 Å². The minimum atomic E-state index is -0.433. The molecule has 1 amide bonds. The maximum absolute atomic E-state index is 12.1. The van der Waals surface area contributed by atoms with Gasteiger partial charge >= 0.3 is 0 Å². The largest absolute Gasteiger partial charge is 0.281 e. The molecule has 1 aliphatic carbocycles. The Labute approximate surface area is 149 Å². The first-order chi connectivity index (χ1) is 12.1. The number of nitro benzene ring substituents is 1. The number of nitrogens with zero attached hydrogens (tertiary/aromatic N) is 2. The van der Waals surface area contributed by atoms with E-state index in [-0.39, 0.29) is 11.6 Å². The van der Waals surface area contributed by atoms with Gasteiger partial charge in [0.05, 0.1) is 15.4 Å². The topological polar surface area (TPSA) is 84.6 Å². The zero-order valence-electron chi connectivity index (χ0n) is 13.5. The number of hydrazone groups is 1. The highest BCUT2D eigenvalue weighted by atomic mass is 32.1. The maximum atomic E-state index is 12.1. The molecule has 0 saturated carbocycles. The molecule has 2 aromatic rings. The van der Waals surface area contributed by atoms with Gasteiger partial charge in [-0.15, -0.1) is 11.3 Å². The number of carbonyl (C=O) groups is 1. The number of amides is 1. The molecule has 1 aromatic carbocycles. The SMILES string of the molecule is O=C(N/N=C\C=C\c1ccccc1[N+](=O)[O-])c1cc2c(s1)CCCC2. The third kappa shape index (κ3) is 4.19. The van der Waals surface area contributed by atoms with Crippen molar-refractivity contribution >= 4 is 35.2 Å². The van der Waals surface area contributed by atoms with E-state index in [1.54, 1.807) is 30.4 Å². The third-order valence-electron chi connectivity index (χ3n) is 3.96. The van der Waals surface area contributed by atoms with Gasteiger partial charge in [0.25, 0.3) is 11.6 Å². The van der Waals surface area contributed by atoms with Gasteiger partial charge in [-0.05, 0) is 55.5 Å². The van der Waals surface area contributed by atoms with Gasteiger partial charge in [-0.2, -0.15) is 5.10 Å². The van der Waals surface area contributed by atoms with Crippen molar-refractivity contribution in [3.05, 3.63) is 67.4 Å². The molecule has 0 saturated heterocycles. The van der Waals surface area contributed by atoms with Crippen molar-refractivity contribution in [2.24, 2.45) is 5.10 Å². The van der Waals surface area contributed by atoms with Crippen LogP contribution in [0.4, 0.5) is 5.69 Å². The predicted molar refractivity (Wildman–Crippen MR) is 99.0 cm³/mol. The van der Waals surface area contributed by atoms with Crippen molar-refractivity contribution in [1.29, 1.82) is 0 Å². The molecule has 1 aliphatic rings. The van der Waals surface area contributed by atoms with Crippen molar-refractivity contribution in [2.45, 2.75) is 25.7 Å². The molecule has 3 rings (SSSR count). The minimum Gasteiger partial charge on any atom is -0.266 e. The predicted octanol–water partition coefficient (Wildman–Crippen LogP) is 3.96. The molecule has 1 heterocycles. The first kappa shape index (κ1) is 17.0. The number of fused-ring (bicyclic) bond motifs is 1. The number of aryl methyl sites for hydroxylation is 2. The summed E-state index contributed by atoms with van der Waals surface area (Å²) in [5.74, 6) is -0.227. The third-order valence-corrected chi connectivity index (χ3v) is 5.19. The fourth-order valence-corrected chi connectivity index (χ4v) is 3.88. The van der Waals surface area contributed by atoms with Crippen LogP contribution in [0.15, 0.2) is 41.5 Å². The number of nitro groups is 1. The normalized spacial score (nSPS) is 13.9. The molecule has 128 valence electrons. The van der Waals surface area contributed by atoms with E-state index in [2.05, 4.69) is 10.5 Å². The lowest BCUT2D eigenvalue weighted by Crippen LogP contribution is -2.15. The van der Waals surface area contributed by atoms with E-state index >= 15 is 0 Å². The van der Waals surface area contributed by atoms with Crippen LogP contribution in [0.25, 0.3) is 6.08 Å². The second-order valence-corrected chi connectivity index (χ2v) is 6.80. The summed E-state index contributed by atoms with van der Waals surface area (Å²) >= 11 is 1.53. The van der Waals surface area contributed by atoms with Gasteiger partial charge < -0.3 is 0 Å². The van der Waals surface area contributed by atoms with Gasteiger partial charge in [-0.3, -0.25) is 14.9 Å². The number of benzene rings is 1. The van der Waals surface area contributed by atoms with E-state index in [1.807, 2.05) is 6.07 Å². The number of nitrogens with one attached hydrogen (secondary N) is 1. The Kier molecular flexibility index (Phi) is 5.35. The van der Waals surface area contributed by atoms with Crippen LogP contribution in [0.3, 0.4) is 0 Å². The van der Waals surface area contributed by atoms with Gasteiger partial charge in [0.15, 0.2) is 0 Å². The van der Waals surface area contributed by atoms with Gasteiger partial charge in [0.1, 0.15) is 0 Å². The van der Waals surface area contributed by atoms with Crippen LogP contribution in [-0.4, -0.2) is 17.0 Å². The van der Waals surface area contributed by atoms with E-state index in [9.17, 15) is 14.9 Å². The standard InChI is InChI=1S/C18H17N3O3S/c22-18(17-12-14-7-2-4-10-16(14)25-17)20-19-11-5-8-13-6-1-3-9-15(13)21(23)24/h1,3,5-6,8-9,11-12H,2,4,7,10H2,(H,20,22)/b8-5+,19-11-. The molecule has 6 nitrogen and oxygen atoms in total. The minimum absolute atomic E-state index is 0.0281. The number of rotatable bonds is 5. The number of para-hydroxylation sites is 1. The summed E-state index contributed by atoms with van der Waals surface area (Å²) in [6.45, 7) is 0. The molecule has 0 spiro atoms. The second kappa shape index (κ2) is 7.85. The molecule has 0 fully saturated rings. The average molecular weight is 355 g/mol. The summed E-state index contributed by atoms with van der Waals surface area (Å²) in [4.78, 5) is 24.6. The number of hydrogen-bond donors (Lipinski definition) is 1. The molecule has 0 bridgehead atoms. The number of thiophene rings is 1. The van der Waals surface area contributed by atoms with Crippen LogP contribution in [0, 0.1) is 10.1 Å². The Morgan fingerprint density at radius 3 is 2.88 bits per heavy atom. The lowest BCUT2D eigenvalue weighted by Gasteiger charge is -2.08. The summed E-state index contributed by atoms with van der Waals surface area (Å²) in [7, 11) is 0. The van der Waals surface area contributed by atoms with Gasteiger partial charge in [-0.25, -0.2) is 5.43 Å². The highest BCUT2D eigenvalue weighted by Gasteiger charge is 2.16. The average Bonchev–Trinajstić information content (AvgIpc) is 3.06. The van der Waals surface area contributed by atoms with Gasteiger partial charge in [0, 0.05) is 17.2 Å². The quantitative estimate of drug-likeness (QED) is 0.500. The Balaban J connectivity index is 1.59. The number of allylic oxidation sites excluding steroid dienone is 1. The molecule has 0 atom stereocenters. The van der Waals surface area contributed by atoms with Gasteiger partial charge in [0.2, 0.25) is 0 Å². The number of hydrogen-bond acceptors (Lipinski definition) is 5. The van der Waals surface area contributed by atoms with E-state index in [0.29, 0.717) is 10.4 Å². The van der Waals surface area contributed by atoms with E-state index < -0.39 is 4.92 Å². The van der Waals surface area contributed by atoms with E-state index in [0.717, 1.165) is 12.8 Å². The zero-order valence-corrected chi connectivity index (χ0v) is 14.3. The molecule has 7 heteroatoms. The van der Waals surface area contributed by atoms with Crippen LogP contribution in [0.5, 0.6) is 0 Å². The second-order valence-electron chi connectivity index (χ2n) is 5.66. The molecule has 1 aromatic heterocycles. The van der Waals surface area contributed by atoms with Crippen LogP contribution in [0.2, 0.25) is 0 Å². The maximum Gasteiger partial charge on any atom is 0.281 e. The lowest BCUT2D eigenvalue weighted by molar-refractivity contribution is -0.385. The Morgan fingerprint density at radius 1 is 1.28 bits per heavy atom. The highest BCUT2D eigenvalue weighted by molar-refractivity contribution is 7.14. The highest BCUT2D eigenvalue weighted by Crippen LogP contribution is 2.29. The van der Waals surface area contributed by atoms with Crippen LogP contribution < -0.4 is 5.43 Å². The summed E-state index contributed by atoms with van der Waals surface area (Å²) in [5.41, 5.74) is 4.28. The number of carbonyl (C=O) groups excluding carboxylic acids is 1. The zero-order chi connectivity index (χ0) is 17.6.